The Bertz CT molecular complexity index is 459. The van der Waals surface area contributed by atoms with Crippen LogP contribution < -0.4 is 0 Å². The van der Waals surface area contributed by atoms with E-state index in [1.807, 2.05) is 6.07 Å². The summed E-state index contributed by atoms with van der Waals surface area (Å²) in [5.74, 6) is -0.531. The van der Waals surface area contributed by atoms with Gasteiger partial charge in [0, 0.05) is 6.54 Å². The summed E-state index contributed by atoms with van der Waals surface area (Å²) in [7, 11) is 1.42. The lowest BCUT2D eigenvalue weighted by atomic mass is 9.96. The van der Waals surface area contributed by atoms with Crippen molar-refractivity contribution in [3.05, 3.63) is 34.6 Å². The van der Waals surface area contributed by atoms with Crippen LogP contribution in [0.2, 0.25) is 5.02 Å². The maximum Gasteiger partial charge on any atom is 0.308 e. The lowest BCUT2D eigenvalue weighted by Crippen LogP contribution is -2.36. The maximum atomic E-state index is 13.3. The highest BCUT2D eigenvalue weighted by atomic mass is 35.5. The van der Waals surface area contributed by atoms with Gasteiger partial charge in [0.15, 0.2) is 0 Å². The molecule has 1 aromatic rings. The Morgan fingerprint density at radius 3 is 2.79 bits per heavy atom. The van der Waals surface area contributed by atoms with Crippen LogP contribution in [0.3, 0.4) is 0 Å². The van der Waals surface area contributed by atoms with Crippen LogP contribution >= 0.6 is 11.6 Å². The predicted molar refractivity (Wildman–Crippen MR) is 71.4 cm³/mol. The lowest BCUT2D eigenvalue weighted by Gasteiger charge is -2.30. The maximum absolute atomic E-state index is 13.3. The molecular weight excluding hydrogens is 269 g/mol. The molecule has 1 heterocycles. The number of piperidine rings is 1. The summed E-state index contributed by atoms with van der Waals surface area (Å²) < 4.78 is 18.1. The van der Waals surface area contributed by atoms with Crippen LogP contribution in [0.25, 0.3) is 0 Å². The number of carbonyl (C=O) groups is 1. The van der Waals surface area contributed by atoms with Gasteiger partial charge < -0.3 is 4.74 Å². The minimum absolute atomic E-state index is 0.00997. The monoisotopic (exact) mass is 285 g/mol. The largest absolute Gasteiger partial charge is 0.469 e. The number of ether oxygens (including phenoxy) is 1. The quantitative estimate of drug-likeness (QED) is 0.800. The van der Waals surface area contributed by atoms with Crippen molar-refractivity contribution in [3.63, 3.8) is 0 Å². The number of benzene rings is 1. The van der Waals surface area contributed by atoms with Gasteiger partial charge >= 0.3 is 5.97 Å². The van der Waals surface area contributed by atoms with Crippen LogP contribution in [0, 0.1) is 11.7 Å². The predicted octanol–water partition coefficient (Wildman–Crippen LogP) is 2.86. The molecule has 104 valence electrons. The van der Waals surface area contributed by atoms with Crippen molar-refractivity contribution in [2.24, 2.45) is 5.92 Å². The second-order valence-corrected chi connectivity index (χ2v) is 5.16. The smallest absolute Gasteiger partial charge is 0.308 e. The van der Waals surface area contributed by atoms with Crippen molar-refractivity contribution in [2.75, 3.05) is 20.2 Å². The number of likely N-dealkylation sites (tertiary alicyclic amines) is 1. The SMILES string of the molecule is COC(=O)C1CCN(Cc2cccc(F)c2Cl)CC1. The fraction of sp³-hybridized carbons (Fsp3) is 0.500. The summed E-state index contributed by atoms with van der Waals surface area (Å²) in [6.45, 7) is 2.21. The fourth-order valence-electron chi connectivity index (χ4n) is 2.40. The van der Waals surface area contributed by atoms with Crippen LogP contribution in [0.1, 0.15) is 18.4 Å². The summed E-state index contributed by atoms with van der Waals surface area (Å²) in [4.78, 5) is 13.6. The third-order valence-corrected chi connectivity index (χ3v) is 3.97. The zero-order valence-electron chi connectivity index (χ0n) is 10.9. The summed E-state index contributed by atoms with van der Waals surface area (Å²) >= 11 is 5.94. The Labute approximate surface area is 117 Å². The van der Waals surface area contributed by atoms with Gasteiger partial charge in [0.1, 0.15) is 5.82 Å². The number of rotatable bonds is 3. The topological polar surface area (TPSA) is 29.5 Å². The van der Waals surface area contributed by atoms with E-state index in [2.05, 4.69) is 4.90 Å². The second kappa shape index (κ2) is 6.35. The van der Waals surface area contributed by atoms with Gasteiger partial charge in [0.2, 0.25) is 0 Å². The summed E-state index contributed by atoms with van der Waals surface area (Å²) in [6.07, 6.45) is 1.55. The van der Waals surface area contributed by atoms with E-state index in [0.29, 0.717) is 6.54 Å². The van der Waals surface area contributed by atoms with E-state index < -0.39 is 0 Å². The van der Waals surface area contributed by atoms with Crippen LogP contribution in [0.15, 0.2) is 18.2 Å². The Balaban J connectivity index is 1.92. The third-order valence-electron chi connectivity index (χ3n) is 3.55. The molecule has 19 heavy (non-hydrogen) atoms. The third kappa shape index (κ3) is 3.45. The van der Waals surface area contributed by atoms with Crippen LogP contribution in [-0.2, 0) is 16.1 Å². The molecule has 1 aromatic carbocycles. The molecule has 1 aliphatic heterocycles. The summed E-state index contributed by atoms with van der Waals surface area (Å²) in [6, 6.07) is 4.85. The molecule has 1 fully saturated rings. The zero-order chi connectivity index (χ0) is 13.8. The first-order valence-electron chi connectivity index (χ1n) is 6.35. The van der Waals surface area contributed by atoms with Gasteiger partial charge in [-0.3, -0.25) is 9.69 Å². The molecule has 0 aliphatic carbocycles. The number of halogens is 2. The van der Waals surface area contributed by atoms with Gasteiger partial charge in [-0.1, -0.05) is 23.7 Å². The molecule has 0 N–H and O–H groups in total. The van der Waals surface area contributed by atoms with Crippen molar-refractivity contribution < 1.29 is 13.9 Å². The molecule has 1 aliphatic rings. The van der Waals surface area contributed by atoms with E-state index >= 15 is 0 Å². The van der Waals surface area contributed by atoms with Gasteiger partial charge in [-0.25, -0.2) is 4.39 Å². The molecule has 0 atom stereocenters. The van der Waals surface area contributed by atoms with Gasteiger partial charge in [-0.15, -0.1) is 0 Å². The Morgan fingerprint density at radius 2 is 2.16 bits per heavy atom. The summed E-state index contributed by atoms with van der Waals surface area (Å²) in [5.41, 5.74) is 0.790. The fourth-order valence-corrected chi connectivity index (χ4v) is 2.59. The number of carbonyl (C=O) groups excluding carboxylic acids is 1. The molecule has 0 saturated carbocycles. The first kappa shape index (κ1) is 14.3. The molecule has 0 aromatic heterocycles. The average molecular weight is 286 g/mol. The van der Waals surface area contributed by atoms with Crippen LogP contribution in [0.5, 0.6) is 0 Å². The van der Waals surface area contributed by atoms with Crippen LogP contribution in [-0.4, -0.2) is 31.1 Å². The molecule has 0 amide bonds. The number of hydrogen-bond donors (Lipinski definition) is 0. The number of hydrogen-bond acceptors (Lipinski definition) is 3. The molecule has 0 spiro atoms. The average Bonchev–Trinajstić information content (AvgIpc) is 2.44. The molecule has 5 heteroatoms. The molecule has 0 radical (unpaired) electrons. The van der Waals surface area contributed by atoms with Gasteiger partial charge in [0.05, 0.1) is 18.1 Å². The minimum Gasteiger partial charge on any atom is -0.469 e. The Morgan fingerprint density at radius 1 is 1.47 bits per heavy atom. The van der Waals surface area contributed by atoms with Crippen molar-refractivity contribution in [1.29, 1.82) is 0 Å². The van der Waals surface area contributed by atoms with E-state index in [4.69, 9.17) is 16.3 Å². The van der Waals surface area contributed by atoms with Crippen LogP contribution in [0.4, 0.5) is 4.39 Å². The second-order valence-electron chi connectivity index (χ2n) is 4.79. The van der Waals surface area contributed by atoms with E-state index in [1.54, 1.807) is 6.07 Å². The first-order chi connectivity index (χ1) is 9.11. The molecule has 1 saturated heterocycles. The standard InChI is InChI=1S/C14H17ClFNO2/c1-19-14(18)10-5-7-17(8-6-10)9-11-3-2-4-12(16)13(11)15/h2-4,10H,5-9H2,1H3. The van der Waals surface area contributed by atoms with Gasteiger partial charge in [0.25, 0.3) is 0 Å². The molecule has 0 bridgehead atoms. The number of methoxy groups -OCH3 is 1. The van der Waals surface area contributed by atoms with Crippen molar-refractivity contribution in [3.8, 4) is 0 Å². The van der Waals surface area contributed by atoms with Crippen molar-refractivity contribution in [2.45, 2.75) is 19.4 Å². The minimum atomic E-state index is -0.386. The normalized spacial score (nSPS) is 17.4. The molecule has 3 nitrogen and oxygen atoms in total. The number of nitrogens with zero attached hydrogens (tertiary/aromatic N) is 1. The summed E-state index contributed by atoms with van der Waals surface area (Å²) in [5, 5.41) is 0.192. The van der Waals surface area contributed by atoms with Gasteiger partial charge in [-0.05, 0) is 37.6 Å². The van der Waals surface area contributed by atoms with E-state index in [1.165, 1.54) is 13.2 Å². The van der Waals surface area contributed by atoms with E-state index in [0.717, 1.165) is 31.5 Å². The highest BCUT2D eigenvalue weighted by Crippen LogP contribution is 2.24. The Hall–Kier alpha value is -1.13. The lowest BCUT2D eigenvalue weighted by molar-refractivity contribution is -0.147. The van der Waals surface area contributed by atoms with Crippen molar-refractivity contribution in [1.82, 2.24) is 4.90 Å². The van der Waals surface area contributed by atoms with Gasteiger partial charge in [-0.2, -0.15) is 0 Å². The van der Waals surface area contributed by atoms with E-state index in [9.17, 15) is 9.18 Å². The highest BCUT2D eigenvalue weighted by molar-refractivity contribution is 6.31. The zero-order valence-corrected chi connectivity index (χ0v) is 11.6. The molecule has 0 unspecified atom stereocenters. The highest BCUT2D eigenvalue weighted by Gasteiger charge is 2.25. The molecule has 2 rings (SSSR count). The van der Waals surface area contributed by atoms with Crippen molar-refractivity contribution >= 4 is 17.6 Å². The van der Waals surface area contributed by atoms with E-state index in [-0.39, 0.29) is 22.7 Å². The molecular formula is C14H17ClFNO2. The first-order valence-corrected chi connectivity index (χ1v) is 6.72. The Kier molecular flexibility index (Phi) is 4.77. The number of esters is 1.